The van der Waals surface area contributed by atoms with Crippen LogP contribution in [0.15, 0.2) is 59.8 Å². The number of methoxy groups -OCH3 is 1. The fraction of sp³-hybridized carbons (Fsp3) is 0.364. The van der Waals surface area contributed by atoms with E-state index in [-0.39, 0.29) is 54.4 Å². The van der Waals surface area contributed by atoms with Crippen molar-refractivity contribution >= 4 is 35.8 Å². The Balaban J connectivity index is 0.00000461. The molecule has 6 nitrogen and oxygen atoms in total. The molecule has 1 aliphatic carbocycles. The normalized spacial score (nSPS) is 14.3. The molecule has 1 aliphatic rings. The zero-order valence-electron chi connectivity index (χ0n) is 25.3. The van der Waals surface area contributed by atoms with Gasteiger partial charge in [-0.15, -0.1) is 12.4 Å². The topological polar surface area (TPSA) is 48.8 Å². The molecule has 0 amide bonds. The molecule has 1 atom stereocenters. The van der Waals surface area contributed by atoms with Gasteiger partial charge in [-0.05, 0) is 87.5 Å². The standard InChI is InChI=1S/C33H35ClF3N3O3S.ClH/c1-39(2)15-16-42-17-18-43-29-14-13-27(36)25(31(29)37)20-44-33-38-28-6-4-5-24(21-7-12-26(34)30(19-21)41-3)32(28)40(33)23-10-8-22(35)9-11-23;/h7-14,19,24H,4-6,15-18,20H2,1-3H3;1H. The van der Waals surface area contributed by atoms with Gasteiger partial charge in [-0.3, -0.25) is 4.57 Å². The number of thioether (sulfide) groups is 1. The van der Waals surface area contributed by atoms with E-state index in [1.54, 1.807) is 19.2 Å². The van der Waals surface area contributed by atoms with E-state index in [9.17, 15) is 8.78 Å². The summed E-state index contributed by atoms with van der Waals surface area (Å²) in [5.74, 6) is -1.29. The molecule has 12 heteroatoms. The quantitative estimate of drug-likeness (QED) is 0.105. The summed E-state index contributed by atoms with van der Waals surface area (Å²) in [5, 5.41) is 1.08. The minimum Gasteiger partial charge on any atom is -0.495 e. The molecular weight excluding hydrogens is 646 g/mol. The summed E-state index contributed by atoms with van der Waals surface area (Å²) in [4.78, 5) is 6.95. The van der Waals surface area contributed by atoms with E-state index in [4.69, 9.17) is 30.8 Å². The lowest BCUT2D eigenvalue weighted by molar-refractivity contribution is 0.0877. The van der Waals surface area contributed by atoms with Crippen LogP contribution in [-0.2, 0) is 16.9 Å². The van der Waals surface area contributed by atoms with E-state index in [1.807, 2.05) is 41.8 Å². The minimum absolute atomic E-state index is 0. The lowest BCUT2D eigenvalue weighted by Crippen LogP contribution is -2.19. The van der Waals surface area contributed by atoms with Crippen molar-refractivity contribution in [3.05, 3.63) is 99.6 Å². The van der Waals surface area contributed by atoms with Crippen LogP contribution in [0.4, 0.5) is 13.2 Å². The highest BCUT2D eigenvalue weighted by molar-refractivity contribution is 7.98. The van der Waals surface area contributed by atoms with Gasteiger partial charge >= 0.3 is 0 Å². The summed E-state index contributed by atoms with van der Waals surface area (Å²) < 4.78 is 62.9. The lowest BCUT2D eigenvalue weighted by Gasteiger charge is -2.26. The number of halogens is 5. The first-order chi connectivity index (χ1) is 21.3. The van der Waals surface area contributed by atoms with Gasteiger partial charge in [-0.1, -0.05) is 29.4 Å². The first-order valence-electron chi connectivity index (χ1n) is 14.4. The van der Waals surface area contributed by atoms with Crippen molar-refractivity contribution in [3.63, 3.8) is 0 Å². The first-order valence-corrected chi connectivity index (χ1v) is 15.8. The molecule has 4 aromatic rings. The Kier molecular flexibility index (Phi) is 12.5. The van der Waals surface area contributed by atoms with Crippen molar-refractivity contribution in [2.24, 2.45) is 0 Å². The molecule has 0 bridgehead atoms. The average Bonchev–Trinajstić information content (AvgIpc) is 3.39. The number of aryl methyl sites for hydroxylation is 1. The van der Waals surface area contributed by atoms with Crippen LogP contribution in [0, 0.1) is 17.5 Å². The largest absolute Gasteiger partial charge is 0.495 e. The van der Waals surface area contributed by atoms with Crippen molar-refractivity contribution in [1.82, 2.24) is 14.5 Å². The van der Waals surface area contributed by atoms with Gasteiger partial charge in [0.2, 0.25) is 0 Å². The number of imidazole rings is 1. The van der Waals surface area contributed by atoms with Gasteiger partial charge in [-0.25, -0.2) is 18.2 Å². The van der Waals surface area contributed by atoms with E-state index >= 15 is 4.39 Å². The Bertz CT molecular complexity index is 1590. The van der Waals surface area contributed by atoms with E-state index in [0.717, 1.165) is 42.8 Å². The second-order valence-corrected chi connectivity index (χ2v) is 12.1. The van der Waals surface area contributed by atoms with Crippen LogP contribution in [0.5, 0.6) is 11.5 Å². The van der Waals surface area contributed by atoms with Crippen LogP contribution in [0.1, 0.15) is 41.3 Å². The van der Waals surface area contributed by atoms with E-state index in [2.05, 4.69) is 0 Å². The molecule has 1 aromatic heterocycles. The molecule has 5 rings (SSSR count). The molecule has 0 fully saturated rings. The molecule has 242 valence electrons. The summed E-state index contributed by atoms with van der Waals surface area (Å²) in [6.45, 7) is 1.72. The number of aromatic nitrogens is 2. The molecule has 0 saturated heterocycles. The third kappa shape index (κ3) is 8.29. The minimum atomic E-state index is -0.749. The smallest absolute Gasteiger partial charge is 0.173 e. The van der Waals surface area contributed by atoms with Gasteiger partial charge in [0.25, 0.3) is 0 Å². The third-order valence-electron chi connectivity index (χ3n) is 7.52. The highest BCUT2D eigenvalue weighted by Gasteiger charge is 2.31. The number of hydrogen-bond acceptors (Lipinski definition) is 6. The molecule has 0 N–H and O–H groups in total. The van der Waals surface area contributed by atoms with Gasteiger partial charge in [0.05, 0.1) is 36.7 Å². The van der Waals surface area contributed by atoms with Crippen LogP contribution < -0.4 is 9.47 Å². The Morgan fingerprint density at radius 2 is 1.78 bits per heavy atom. The maximum atomic E-state index is 15.5. The molecule has 0 spiro atoms. The lowest BCUT2D eigenvalue weighted by atomic mass is 9.84. The maximum Gasteiger partial charge on any atom is 0.173 e. The maximum absolute atomic E-state index is 15.5. The van der Waals surface area contributed by atoms with Gasteiger partial charge < -0.3 is 19.1 Å². The van der Waals surface area contributed by atoms with Crippen molar-refractivity contribution in [3.8, 4) is 17.2 Å². The van der Waals surface area contributed by atoms with Gasteiger partial charge in [-0.2, -0.15) is 0 Å². The van der Waals surface area contributed by atoms with Crippen molar-refractivity contribution in [1.29, 1.82) is 0 Å². The number of benzene rings is 3. The van der Waals surface area contributed by atoms with Crippen molar-refractivity contribution in [2.75, 3.05) is 47.6 Å². The Hall–Kier alpha value is -2.89. The summed E-state index contributed by atoms with van der Waals surface area (Å²) in [7, 11) is 5.47. The van der Waals surface area contributed by atoms with Gasteiger partial charge in [0.1, 0.15) is 24.0 Å². The van der Waals surface area contributed by atoms with Gasteiger partial charge in [0, 0.05) is 29.5 Å². The molecule has 3 aromatic carbocycles. The summed E-state index contributed by atoms with van der Waals surface area (Å²) in [6, 6.07) is 14.4. The summed E-state index contributed by atoms with van der Waals surface area (Å²) >= 11 is 7.54. The Labute approximate surface area is 277 Å². The number of hydrogen-bond donors (Lipinski definition) is 0. The van der Waals surface area contributed by atoms with E-state index < -0.39 is 11.6 Å². The van der Waals surface area contributed by atoms with Crippen LogP contribution in [-0.4, -0.2) is 62.0 Å². The second kappa shape index (κ2) is 16.1. The molecule has 0 radical (unpaired) electrons. The Morgan fingerprint density at radius 1 is 1.00 bits per heavy atom. The van der Waals surface area contributed by atoms with E-state index in [1.165, 1.54) is 36.0 Å². The molecule has 1 heterocycles. The highest BCUT2D eigenvalue weighted by Crippen LogP contribution is 2.43. The summed E-state index contributed by atoms with van der Waals surface area (Å²) in [6.07, 6.45) is 2.52. The number of nitrogens with zero attached hydrogens (tertiary/aromatic N) is 3. The zero-order chi connectivity index (χ0) is 31.2. The number of fused-ring (bicyclic) bond motifs is 1. The SMILES string of the molecule is COc1cc(C2CCCc3nc(SCc4c(F)ccc(OCCOCCN(C)C)c4F)n(-c4ccc(F)cc4)c32)ccc1Cl.Cl. The second-order valence-electron chi connectivity index (χ2n) is 10.8. The Morgan fingerprint density at radius 3 is 2.51 bits per heavy atom. The first kappa shape index (κ1) is 35.0. The van der Waals surface area contributed by atoms with Crippen LogP contribution >= 0.6 is 35.8 Å². The molecule has 0 aliphatic heterocycles. The third-order valence-corrected chi connectivity index (χ3v) is 8.80. The molecule has 1 unspecified atom stereocenters. The number of ether oxygens (including phenoxy) is 3. The van der Waals surface area contributed by atoms with Crippen LogP contribution in [0.3, 0.4) is 0 Å². The zero-order valence-corrected chi connectivity index (χ0v) is 27.7. The molecule has 45 heavy (non-hydrogen) atoms. The number of rotatable bonds is 13. The van der Waals surface area contributed by atoms with Crippen LogP contribution in [0.25, 0.3) is 5.69 Å². The predicted molar refractivity (Wildman–Crippen MR) is 174 cm³/mol. The van der Waals surface area contributed by atoms with Crippen molar-refractivity contribution in [2.45, 2.75) is 36.1 Å². The fourth-order valence-corrected chi connectivity index (χ4v) is 6.52. The fourth-order valence-electron chi connectivity index (χ4n) is 5.28. The van der Waals surface area contributed by atoms with Crippen molar-refractivity contribution < 1.29 is 27.4 Å². The van der Waals surface area contributed by atoms with E-state index in [0.29, 0.717) is 28.2 Å². The van der Waals surface area contributed by atoms with Crippen LogP contribution in [0.2, 0.25) is 5.02 Å². The average molecular weight is 683 g/mol. The predicted octanol–water partition coefficient (Wildman–Crippen LogP) is 8.09. The molecule has 0 saturated carbocycles. The highest BCUT2D eigenvalue weighted by atomic mass is 35.5. The monoisotopic (exact) mass is 681 g/mol. The summed E-state index contributed by atoms with van der Waals surface area (Å²) in [5.41, 5.74) is 3.48. The molecular formula is C33H36Cl2F3N3O3S. The number of likely N-dealkylation sites (N-methyl/N-ethyl adjacent to an activating group) is 1. The van der Waals surface area contributed by atoms with Gasteiger partial charge in [0.15, 0.2) is 16.7 Å².